The van der Waals surface area contributed by atoms with Gasteiger partial charge in [0.25, 0.3) is 0 Å². The van der Waals surface area contributed by atoms with Crippen molar-refractivity contribution in [2.75, 3.05) is 7.05 Å². The molecule has 4 heteroatoms. The molecule has 0 aromatic carbocycles. The van der Waals surface area contributed by atoms with Gasteiger partial charge in [-0.2, -0.15) is 0 Å². The van der Waals surface area contributed by atoms with Gasteiger partial charge in [0.05, 0.1) is 12.2 Å². The summed E-state index contributed by atoms with van der Waals surface area (Å²) < 4.78 is 0. The molecule has 0 aliphatic heterocycles. The first-order chi connectivity index (χ1) is 9.61. The van der Waals surface area contributed by atoms with Crippen molar-refractivity contribution in [1.82, 2.24) is 15.6 Å². The first-order valence-corrected chi connectivity index (χ1v) is 7.49. The van der Waals surface area contributed by atoms with Gasteiger partial charge in [0.1, 0.15) is 0 Å². The predicted molar refractivity (Wildman–Crippen MR) is 85.7 cm³/mol. The Morgan fingerprint density at radius 1 is 1.25 bits per heavy atom. The molecule has 0 aliphatic carbocycles. The van der Waals surface area contributed by atoms with E-state index in [2.05, 4.69) is 41.4 Å². The summed E-state index contributed by atoms with van der Waals surface area (Å²) in [6.45, 7) is 7.43. The molecule has 0 saturated heterocycles. The van der Waals surface area contributed by atoms with Crippen LogP contribution in [0.3, 0.4) is 0 Å². The Kier molecular flexibility index (Phi) is 7.70. The average Bonchev–Trinajstić information content (AvgIpc) is 2.44. The fraction of sp³-hybridized carbons (Fsp3) is 0.625. The first kappa shape index (κ1) is 16.5. The van der Waals surface area contributed by atoms with E-state index in [1.54, 1.807) is 7.05 Å². The molecule has 112 valence electrons. The van der Waals surface area contributed by atoms with Crippen LogP contribution in [-0.4, -0.2) is 24.0 Å². The molecule has 0 spiro atoms. The Balaban J connectivity index is 2.29. The molecule has 0 radical (unpaired) electrons. The van der Waals surface area contributed by atoms with E-state index in [1.165, 1.54) is 19.3 Å². The molecular formula is C16H28N4. The van der Waals surface area contributed by atoms with Crippen molar-refractivity contribution in [3.63, 3.8) is 0 Å². The normalized spacial score (nSPS) is 13.3. The molecular weight excluding hydrogens is 248 g/mol. The van der Waals surface area contributed by atoms with Crippen LogP contribution in [0.1, 0.15) is 45.7 Å². The van der Waals surface area contributed by atoms with Crippen LogP contribution in [0.4, 0.5) is 0 Å². The van der Waals surface area contributed by atoms with Crippen LogP contribution in [0.2, 0.25) is 0 Å². The van der Waals surface area contributed by atoms with Crippen molar-refractivity contribution in [3.05, 3.63) is 30.1 Å². The van der Waals surface area contributed by atoms with Gasteiger partial charge < -0.3 is 10.6 Å². The van der Waals surface area contributed by atoms with E-state index in [-0.39, 0.29) is 0 Å². The average molecular weight is 276 g/mol. The van der Waals surface area contributed by atoms with E-state index in [9.17, 15) is 0 Å². The number of nitrogens with one attached hydrogen (secondary N) is 2. The van der Waals surface area contributed by atoms with Crippen LogP contribution < -0.4 is 10.6 Å². The van der Waals surface area contributed by atoms with Crippen molar-refractivity contribution in [1.29, 1.82) is 0 Å². The third-order valence-electron chi connectivity index (χ3n) is 3.19. The van der Waals surface area contributed by atoms with Gasteiger partial charge in [0.2, 0.25) is 0 Å². The van der Waals surface area contributed by atoms with Crippen LogP contribution in [0, 0.1) is 5.92 Å². The summed E-state index contributed by atoms with van der Waals surface area (Å²) in [5.41, 5.74) is 1.02. The molecule has 1 unspecified atom stereocenters. The fourth-order valence-corrected chi connectivity index (χ4v) is 2.01. The second-order valence-electron chi connectivity index (χ2n) is 5.62. The van der Waals surface area contributed by atoms with Crippen molar-refractivity contribution in [3.8, 4) is 0 Å². The first-order valence-electron chi connectivity index (χ1n) is 7.49. The lowest BCUT2D eigenvalue weighted by molar-refractivity contribution is 0.491. The van der Waals surface area contributed by atoms with Gasteiger partial charge in [0.15, 0.2) is 5.96 Å². The fourth-order valence-electron chi connectivity index (χ4n) is 2.01. The number of hydrogen-bond acceptors (Lipinski definition) is 2. The van der Waals surface area contributed by atoms with Crippen molar-refractivity contribution in [2.45, 2.75) is 52.6 Å². The number of aliphatic imine (C=N–C) groups is 1. The zero-order chi connectivity index (χ0) is 14.8. The molecule has 4 nitrogen and oxygen atoms in total. The molecule has 0 bridgehead atoms. The molecule has 0 saturated carbocycles. The standard InChI is InChI=1S/C16H28N4/c1-13(2)8-7-9-14(3)20-16(17-4)19-12-15-10-5-6-11-18-15/h5-6,10-11,13-14H,7-9,12H2,1-4H3,(H2,17,19,20). The SMILES string of the molecule is CN=C(NCc1ccccn1)NC(C)CCCC(C)C. The van der Waals surface area contributed by atoms with Gasteiger partial charge in [-0.3, -0.25) is 9.98 Å². The van der Waals surface area contributed by atoms with Gasteiger partial charge in [-0.05, 0) is 31.4 Å². The van der Waals surface area contributed by atoms with Crippen molar-refractivity contribution in [2.24, 2.45) is 10.9 Å². The Labute approximate surface area is 123 Å². The Hall–Kier alpha value is -1.58. The molecule has 1 aromatic rings. The molecule has 0 amide bonds. The van der Waals surface area contributed by atoms with Gasteiger partial charge in [0, 0.05) is 19.3 Å². The molecule has 0 fully saturated rings. The number of guanidine groups is 1. The van der Waals surface area contributed by atoms with Crippen molar-refractivity contribution < 1.29 is 0 Å². The lowest BCUT2D eigenvalue weighted by atomic mass is 10.0. The molecule has 1 atom stereocenters. The highest BCUT2D eigenvalue weighted by atomic mass is 15.2. The molecule has 20 heavy (non-hydrogen) atoms. The van der Waals surface area contributed by atoms with Gasteiger partial charge in [-0.15, -0.1) is 0 Å². The number of rotatable bonds is 7. The summed E-state index contributed by atoms with van der Waals surface area (Å²) in [5.74, 6) is 1.62. The topological polar surface area (TPSA) is 49.3 Å². The maximum absolute atomic E-state index is 4.29. The zero-order valence-electron chi connectivity index (χ0n) is 13.2. The molecule has 2 N–H and O–H groups in total. The molecule has 1 rings (SSSR count). The Bertz CT molecular complexity index is 387. The van der Waals surface area contributed by atoms with E-state index >= 15 is 0 Å². The van der Waals surface area contributed by atoms with Crippen LogP contribution >= 0.6 is 0 Å². The zero-order valence-corrected chi connectivity index (χ0v) is 13.2. The van der Waals surface area contributed by atoms with Crippen LogP contribution in [0.5, 0.6) is 0 Å². The smallest absolute Gasteiger partial charge is 0.191 e. The third-order valence-corrected chi connectivity index (χ3v) is 3.19. The van der Waals surface area contributed by atoms with E-state index in [1.807, 2.05) is 24.4 Å². The van der Waals surface area contributed by atoms with Crippen LogP contribution in [0.15, 0.2) is 29.4 Å². The third kappa shape index (κ3) is 7.12. The quantitative estimate of drug-likeness (QED) is 0.594. The molecule has 1 aromatic heterocycles. The number of nitrogens with zero attached hydrogens (tertiary/aromatic N) is 2. The number of aromatic nitrogens is 1. The minimum atomic E-state index is 0.434. The number of hydrogen-bond donors (Lipinski definition) is 2. The highest BCUT2D eigenvalue weighted by molar-refractivity contribution is 5.79. The van der Waals surface area contributed by atoms with Gasteiger partial charge in [-0.25, -0.2) is 0 Å². The predicted octanol–water partition coefficient (Wildman–Crippen LogP) is 2.96. The summed E-state index contributed by atoms with van der Waals surface area (Å²) in [6, 6.07) is 6.36. The molecule has 0 aliphatic rings. The second-order valence-corrected chi connectivity index (χ2v) is 5.62. The van der Waals surface area contributed by atoms with E-state index in [0.29, 0.717) is 12.6 Å². The summed E-state index contributed by atoms with van der Waals surface area (Å²) >= 11 is 0. The van der Waals surface area contributed by atoms with E-state index in [0.717, 1.165) is 17.6 Å². The summed E-state index contributed by atoms with van der Waals surface area (Å²) in [7, 11) is 1.80. The lowest BCUT2D eigenvalue weighted by Gasteiger charge is -2.18. The maximum atomic E-state index is 4.29. The van der Waals surface area contributed by atoms with Gasteiger partial charge in [-0.1, -0.05) is 32.8 Å². The van der Waals surface area contributed by atoms with Gasteiger partial charge >= 0.3 is 0 Å². The Morgan fingerprint density at radius 2 is 2.05 bits per heavy atom. The second kappa shape index (κ2) is 9.34. The highest BCUT2D eigenvalue weighted by Crippen LogP contribution is 2.08. The lowest BCUT2D eigenvalue weighted by Crippen LogP contribution is -2.41. The summed E-state index contributed by atoms with van der Waals surface area (Å²) in [6.07, 6.45) is 5.51. The Morgan fingerprint density at radius 3 is 2.65 bits per heavy atom. The summed E-state index contributed by atoms with van der Waals surface area (Å²) in [5, 5.41) is 6.71. The minimum Gasteiger partial charge on any atom is -0.354 e. The van der Waals surface area contributed by atoms with Crippen LogP contribution in [0.25, 0.3) is 0 Å². The monoisotopic (exact) mass is 276 g/mol. The summed E-state index contributed by atoms with van der Waals surface area (Å²) in [4.78, 5) is 8.54. The molecule has 1 heterocycles. The largest absolute Gasteiger partial charge is 0.354 e. The van der Waals surface area contributed by atoms with E-state index < -0.39 is 0 Å². The van der Waals surface area contributed by atoms with Crippen LogP contribution in [-0.2, 0) is 6.54 Å². The van der Waals surface area contributed by atoms with E-state index in [4.69, 9.17) is 0 Å². The highest BCUT2D eigenvalue weighted by Gasteiger charge is 2.05. The maximum Gasteiger partial charge on any atom is 0.191 e. The minimum absolute atomic E-state index is 0.434. The number of pyridine rings is 1. The van der Waals surface area contributed by atoms with Crippen molar-refractivity contribution >= 4 is 5.96 Å².